The molecule has 0 spiro atoms. The van der Waals surface area contributed by atoms with Gasteiger partial charge in [0.25, 0.3) is 0 Å². The number of nitrogens with one attached hydrogen (secondary N) is 2. The van der Waals surface area contributed by atoms with Crippen LogP contribution in [0.1, 0.15) is 32.2 Å². The maximum absolute atomic E-state index is 11.8. The molecule has 2 N–H and O–H groups in total. The van der Waals surface area contributed by atoms with E-state index in [1.807, 2.05) is 6.07 Å². The first-order valence-corrected chi connectivity index (χ1v) is 6.85. The minimum atomic E-state index is -0.133. The summed E-state index contributed by atoms with van der Waals surface area (Å²) in [5.74, 6) is 0.587. The van der Waals surface area contributed by atoms with Gasteiger partial charge in [0.2, 0.25) is 5.91 Å². The lowest BCUT2D eigenvalue weighted by atomic mass is 10.1. The van der Waals surface area contributed by atoms with E-state index in [4.69, 9.17) is 4.42 Å². The molecular formula is C14H21N5O2. The van der Waals surface area contributed by atoms with Gasteiger partial charge in [0.15, 0.2) is 0 Å². The van der Waals surface area contributed by atoms with Crippen LogP contribution in [0.15, 0.2) is 29.0 Å². The van der Waals surface area contributed by atoms with Crippen LogP contribution in [0.25, 0.3) is 0 Å². The molecule has 1 amide bonds. The minimum Gasteiger partial charge on any atom is -0.467 e. The number of carbonyl (C=O) groups is 1. The Kier molecular flexibility index (Phi) is 4.74. The highest BCUT2D eigenvalue weighted by Gasteiger charge is 2.11. The lowest BCUT2D eigenvalue weighted by molar-refractivity contribution is -0.122. The fraction of sp³-hybridized carbons (Fsp3) is 0.500. The number of aromatic nitrogens is 3. The molecule has 2 heterocycles. The highest BCUT2D eigenvalue weighted by Crippen LogP contribution is 2.02. The molecule has 0 atom stereocenters. The SMILES string of the molecule is CC(C)(C)NCc1cn(CC(=O)NCc2ccco2)nn1. The maximum atomic E-state index is 11.8. The molecule has 0 saturated carbocycles. The second-order valence-electron chi connectivity index (χ2n) is 5.87. The molecule has 114 valence electrons. The monoisotopic (exact) mass is 291 g/mol. The topological polar surface area (TPSA) is 85.0 Å². The maximum Gasteiger partial charge on any atom is 0.242 e. The van der Waals surface area contributed by atoms with Gasteiger partial charge in [0.05, 0.1) is 24.7 Å². The van der Waals surface area contributed by atoms with Crippen LogP contribution < -0.4 is 10.6 Å². The third-order valence-electron chi connectivity index (χ3n) is 2.73. The van der Waals surface area contributed by atoms with Gasteiger partial charge < -0.3 is 15.1 Å². The molecule has 2 aromatic rings. The molecule has 0 aromatic carbocycles. The summed E-state index contributed by atoms with van der Waals surface area (Å²) in [5, 5.41) is 14.1. The van der Waals surface area contributed by atoms with Gasteiger partial charge in [-0.1, -0.05) is 5.21 Å². The molecule has 0 saturated heterocycles. The molecule has 0 unspecified atom stereocenters. The third-order valence-corrected chi connectivity index (χ3v) is 2.73. The van der Waals surface area contributed by atoms with Gasteiger partial charge in [-0.15, -0.1) is 5.10 Å². The standard InChI is InChI=1S/C14H21N5O2/c1-14(2,3)16-7-11-9-19(18-17-11)10-13(20)15-8-12-5-4-6-21-12/h4-6,9,16H,7-8,10H2,1-3H3,(H,15,20). The summed E-state index contributed by atoms with van der Waals surface area (Å²) in [6.07, 6.45) is 3.35. The van der Waals surface area contributed by atoms with Crippen molar-refractivity contribution in [2.45, 2.75) is 45.9 Å². The molecule has 0 aliphatic rings. The van der Waals surface area contributed by atoms with Crippen molar-refractivity contribution in [3.05, 3.63) is 36.0 Å². The van der Waals surface area contributed by atoms with Crippen LogP contribution >= 0.6 is 0 Å². The molecule has 0 radical (unpaired) electrons. The molecule has 0 aliphatic heterocycles. The van der Waals surface area contributed by atoms with Crippen molar-refractivity contribution in [1.82, 2.24) is 25.6 Å². The molecule has 0 aliphatic carbocycles. The average Bonchev–Trinajstić information content (AvgIpc) is 3.04. The zero-order valence-corrected chi connectivity index (χ0v) is 12.6. The second-order valence-corrected chi connectivity index (χ2v) is 5.87. The Hall–Kier alpha value is -2.15. The van der Waals surface area contributed by atoms with Crippen LogP contribution in [0.4, 0.5) is 0 Å². The molecule has 2 aromatic heterocycles. The summed E-state index contributed by atoms with van der Waals surface area (Å²) < 4.78 is 6.67. The average molecular weight is 291 g/mol. The van der Waals surface area contributed by atoms with E-state index in [0.29, 0.717) is 13.1 Å². The van der Waals surface area contributed by atoms with Crippen LogP contribution in [0, 0.1) is 0 Å². The number of carbonyl (C=O) groups excluding carboxylic acids is 1. The van der Waals surface area contributed by atoms with Crippen LogP contribution in [0.5, 0.6) is 0 Å². The summed E-state index contributed by atoms with van der Waals surface area (Å²) in [6, 6.07) is 3.60. The van der Waals surface area contributed by atoms with E-state index in [1.54, 1.807) is 18.5 Å². The van der Waals surface area contributed by atoms with Gasteiger partial charge >= 0.3 is 0 Å². The number of nitrogens with zero attached hydrogens (tertiary/aromatic N) is 3. The Morgan fingerprint density at radius 1 is 1.38 bits per heavy atom. The Labute approximate surface area is 123 Å². The van der Waals surface area contributed by atoms with E-state index < -0.39 is 0 Å². The van der Waals surface area contributed by atoms with Crippen LogP contribution in [-0.2, 0) is 24.4 Å². The summed E-state index contributed by atoms with van der Waals surface area (Å²) in [4.78, 5) is 11.8. The summed E-state index contributed by atoms with van der Waals surface area (Å²) >= 11 is 0. The van der Waals surface area contributed by atoms with E-state index in [2.05, 4.69) is 41.7 Å². The normalized spacial score (nSPS) is 11.6. The van der Waals surface area contributed by atoms with Gasteiger partial charge in [-0.3, -0.25) is 4.79 Å². The Morgan fingerprint density at radius 3 is 2.86 bits per heavy atom. The van der Waals surface area contributed by atoms with Crippen molar-refractivity contribution >= 4 is 5.91 Å². The van der Waals surface area contributed by atoms with Crippen molar-refractivity contribution in [3.8, 4) is 0 Å². The van der Waals surface area contributed by atoms with Gasteiger partial charge in [-0.05, 0) is 32.9 Å². The van der Waals surface area contributed by atoms with E-state index in [9.17, 15) is 4.79 Å². The highest BCUT2D eigenvalue weighted by atomic mass is 16.3. The molecule has 21 heavy (non-hydrogen) atoms. The largest absolute Gasteiger partial charge is 0.467 e. The van der Waals surface area contributed by atoms with Crippen molar-refractivity contribution < 1.29 is 9.21 Å². The van der Waals surface area contributed by atoms with Gasteiger partial charge in [-0.2, -0.15) is 0 Å². The zero-order chi connectivity index (χ0) is 15.3. The Morgan fingerprint density at radius 2 is 2.19 bits per heavy atom. The van der Waals surface area contributed by atoms with Gasteiger partial charge in [-0.25, -0.2) is 4.68 Å². The molecule has 0 fully saturated rings. The molecule has 0 bridgehead atoms. The highest BCUT2D eigenvalue weighted by molar-refractivity contribution is 5.75. The van der Waals surface area contributed by atoms with Crippen molar-refractivity contribution in [1.29, 1.82) is 0 Å². The number of amides is 1. The first-order valence-electron chi connectivity index (χ1n) is 6.85. The molecule has 7 nitrogen and oxygen atoms in total. The molecular weight excluding hydrogens is 270 g/mol. The lowest BCUT2D eigenvalue weighted by Gasteiger charge is -2.19. The fourth-order valence-electron chi connectivity index (χ4n) is 1.65. The van der Waals surface area contributed by atoms with Crippen LogP contribution in [-0.4, -0.2) is 26.4 Å². The zero-order valence-electron chi connectivity index (χ0n) is 12.6. The van der Waals surface area contributed by atoms with Crippen molar-refractivity contribution in [3.63, 3.8) is 0 Å². The number of hydrogen-bond donors (Lipinski definition) is 2. The number of rotatable bonds is 6. The Balaban J connectivity index is 1.77. The van der Waals surface area contributed by atoms with E-state index in [1.165, 1.54) is 4.68 Å². The van der Waals surface area contributed by atoms with Crippen LogP contribution in [0.3, 0.4) is 0 Å². The minimum absolute atomic E-state index is 0.0181. The summed E-state index contributed by atoms with van der Waals surface area (Å²) in [7, 11) is 0. The number of furan rings is 1. The first-order chi connectivity index (χ1) is 9.92. The predicted molar refractivity (Wildman–Crippen MR) is 77.2 cm³/mol. The fourth-order valence-corrected chi connectivity index (χ4v) is 1.65. The lowest BCUT2D eigenvalue weighted by Crippen LogP contribution is -2.35. The van der Waals surface area contributed by atoms with Gasteiger partial charge in [0.1, 0.15) is 12.3 Å². The molecule has 7 heteroatoms. The Bertz CT molecular complexity index is 568. The van der Waals surface area contributed by atoms with E-state index in [0.717, 1.165) is 11.5 Å². The quantitative estimate of drug-likeness (QED) is 0.831. The van der Waals surface area contributed by atoms with E-state index >= 15 is 0 Å². The second kappa shape index (κ2) is 6.53. The third kappa shape index (κ3) is 5.39. The predicted octanol–water partition coefficient (Wildman–Crippen LogP) is 1.08. The van der Waals surface area contributed by atoms with Crippen LogP contribution in [0.2, 0.25) is 0 Å². The van der Waals surface area contributed by atoms with Gasteiger partial charge in [0, 0.05) is 12.1 Å². The summed E-state index contributed by atoms with van der Waals surface area (Å²) in [5.41, 5.74) is 0.827. The first kappa shape index (κ1) is 15.2. The van der Waals surface area contributed by atoms with Crippen molar-refractivity contribution in [2.75, 3.05) is 0 Å². The summed E-state index contributed by atoms with van der Waals surface area (Å²) in [6.45, 7) is 7.39. The van der Waals surface area contributed by atoms with Crippen molar-refractivity contribution in [2.24, 2.45) is 0 Å². The smallest absolute Gasteiger partial charge is 0.242 e. The molecule has 2 rings (SSSR count). The van der Waals surface area contributed by atoms with E-state index in [-0.39, 0.29) is 18.0 Å². The number of hydrogen-bond acceptors (Lipinski definition) is 5.